The summed E-state index contributed by atoms with van der Waals surface area (Å²) in [6.45, 7) is 0. The molecule has 0 heterocycles. The standard InChI is InChI=1S/C13H12O4/c1-17-12(15)8-13(16)7-6-11(14)9-4-2-3-5-10(9)13/h2-7,16H,8H2,1H3/t13-/m1/s1. The minimum Gasteiger partial charge on any atom is -0.469 e. The highest BCUT2D eigenvalue weighted by molar-refractivity contribution is 6.07. The van der Waals surface area contributed by atoms with Crippen molar-refractivity contribution in [2.75, 3.05) is 7.11 Å². The summed E-state index contributed by atoms with van der Waals surface area (Å²) in [5, 5.41) is 10.4. The van der Waals surface area contributed by atoms with Crippen molar-refractivity contribution in [3.63, 3.8) is 0 Å². The number of methoxy groups -OCH3 is 1. The maximum Gasteiger partial charge on any atom is 0.309 e. The molecule has 17 heavy (non-hydrogen) atoms. The van der Waals surface area contributed by atoms with E-state index in [4.69, 9.17) is 0 Å². The van der Waals surface area contributed by atoms with Gasteiger partial charge < -0.3 is 9.84 Å². The first kappa shape index (κ1) is 11.5. The van der Waals surface area contributed by atoms with Gasteiger partial charge in [-0.25, -0.2) is 0 Å². The van der Waals surface area contributed by atoms with Gasteiger partial charge in [-0.15, -0.1) is 0 Å². The summed E-state index contributed by atoms with van der Waals surface area (Å²) in [6, 6.07) is 6.70. The molecule has 1 aromatic carbocycles. The highest BCUT2D eigenvalue weighted by Crippen LogP contribution is 2.33. The van der Waals surface area contributed by atoms with Gasteiger partial charge in [0.25, 0.3) is 0 Å². The van der Waals surface area contributed by atoms with E-state index in [1.165, 1.54) is 19.3 Å². The summed E-state index contributed by atoms with van der Waals surface area (Å²) in [6.07, 6.45) is 2.42. The predicted molar refractivity (Wildman–Crippen MR) is 60.4 cm³/mol. The van der Waals surface area contributed by atoms with Crippen LogP contribution in [0, 0.1) is 0 Å². The molecule has 0 aliphatic heterocycles. The van der Waals surface area contributed by atoms with Crippen LogP contribution >= 0.6 is 0 Å². The van der Waals surface area contributed by atoms with Crippen molar-refractivity contribution in [3.8, 4) is 0 Å². The Labute approximate surface area is 98.5 Å². The first-order valence-corrected chi connectivity index (χ1v) is 5.19. The molecule has 1 atom stereocenters. The lowest BCUT2D eigenvalue weighted by atomic mass is 9.81. The second-order valence-corrected chi connectivity index (χ2v) is 3.92. The van der Waals surface area contributed by atoms with Crippen LogP contribution in [0.3, 0.4) is 0 Å². The van der Waals surface area contributed by atoms with E-state index < -0.39 is 11.6 Å². The fourth-order valence-electron chi connectivity index (χ4n) is 1.91. The molecule has 0 fully saturated rings. The lowest BCUT2D eigenvalue weighted by Gasteiger charge is -2.28. The predicted octanol–water partition coefficient (Wildman–Crippen LogP) is 1.19. The molecule has 2 rings (SSSR count). The topological polar surface area (TPSA) is 63.6 Å². The van der Waals surface area contributed by atoms with Gasteiger partial charge >= 0.3 is 5.97 Å². The summed E-state index contributed by atoms with van der Waals surface area (Å²) in [7, 11) is 1.26. The average Bonchev–Trinajstić information content (AvgIpc) is 2.35. The number of ketones is 1. The SMILES string of the molecule is COC(=O)C[C@]1(O)C=CC(=O)c2ccccc21. The quantitative estimate of drug-likeness (QED) is 0.778. The minimum atomic E-state index is -1.46. The molecule has 0 amide bonds. The second-order valence-electron chi connectivity index (χ2n) is 3.92. The Morgan fingerprint density at radius 3 is 2.82 bits per heavy atom. The van der Waals surface area contributed by atoms with Crippen molar-refractivity contribution >= 4 is 11.8 Å². The van der Waals surface area contributed by atoms with E-state index in [0.717, 1.165) is 0 Å². The molecule has 1 aliphatic rings. The van der Waals surface area contributed by atoms with E-state index in [1.54, 1.807) is 24.3 Å². The lowest BCUT2D eigenvalue weighted by Crippen LogP contribution is -2.32. The molecule has 0 unspecified atom stereocenters. The molecule has 0 aromatic heterocycles. The molecule has 1 aromatic rings. The number of aliphatic hydroxyl groups is 1. The Hall–Kier alpha value is -1.94. The Kier molecular flexibility index (Phi) is 2.81. The van der Waals surface area contributed by atoms with Crippen molar-refractivity contribution < 1.29 is 19.4 Å². The normalized spacial score (nSPS) is 22.1. The van der Waals surface area contributed by atoms with Crippen LogP contribution in [0.25, 0.3) is 0 Å². The minimum absolute atomic E-state index is 0.171. The molecular formula is C13H12O4. The largest absolute Gasteiger partial charge is 0.469 e. The van der Waals surface area contributed by atoms with Gasteiger partial charge in [0.2, 0.25) is 0 Å². The first-order valence-electron chi connectivity index (χ1n) is 5.19. The van der Waals surface area contributed by atoms with Crippen LogP contribution < -0.4 is 0 Å². The molecule has 0 saturated heterocycles. The van der Waals surface area contributed by atoms with Gasteiger partial charge in [-0.3, -0.25) is 9.59 Å². The molecule has 0 bridgehead atoms. The molecule has 4 nitrogen and oxygen atoms in total. The summed E-state index contributed by atoms with van der Waals surface area (Å²) < 4.78 is 4.54. The number of benzene rings is 1. The molecule has 0 saturated carbocycles. The Balaban J connectivity index is 2.46. The van der Waals surface area contributed by atoms with Crippen LogP contribution in [0.2, 0.25) is 0 Å². The van der Waals surface area contributed by atoms with Gasteiger partial charge in [0.05, 0.1) is 13.5 Å². The molecule has 1 aliphatic carbocycles. The van der Waals surface area contributed by atoms with Crippen LogP contribution in [0.15, 0.2) is 36.4 Å². The third-order valence-corrected chi connectivity index (χ3v) is 2.81. The van der Waals surface area contributed by atoms with Crippen molar-refractivity contribution in [1.29, 1.82) is 0 Å². The van der Waals surface area contributed by atoms with Gasteiger partial charge in [0.1, 0.15) is 5.60 Å². The Bertz CT molecular complexity index is 504. The van der Waals surface area contributed by atoms with Crippen molar-refractivity contribution in [2.24, 2.45) is 0 Å². The van der Waals surface area contributed by atoms with E-state index in [9.17, 15) is 14.7 Å². The van der Waals surface area contributed by atoms with Crippen molar-refractivity contribution in [3.05, 3.63) is 47.5 Å². The zero-order valence-electron chi connectivity index (χ0n) is 9.34. The number of rotatable bonds is 2. The van der Waals surface area contributed by atoms with Gasteiger partial charge in [0, 0.05) is 5.56 Å². The van der Waals surface area contributed by atoms with Crippen LogP contribution in [0.5, 0.6) is 0 Å². The van der Waals surface area contributed by atoms with Gasteiger partial charge in [0.15, 0.2) is 5.78 Å². The van der Waals surface area contributed by atoms with E-state index in [1.807, 2.05) is 0 Å². The Morgan fingerprint density at radius 1 is 1.41 bits per heavy atom. The number of carbonyl (C=O) groups is 2. The number of allylic oxidation sites excluding steroid dienone is 1. The molecule has 0 spiro atoms. The van der Waals surface area contributed by atoms with Crippen LogP contribution in [-0.2, 0) is 15.1 Å². The zero-order valence-corrected chi connectivity index (χ0v) is 9.34. The number of hydrogen-bond donors (Lipinski definition) is 1. The van der Waals surface area contributed by atoms with E-state index in [-0.39, 0.29) is 12.2 Å². The molecule has 0 radical (unpaired) electrons. The monoisotopic (exact) mass is 232 g/mol. The van der Waals surface area contributed by atoms with Crippen molar-refractivity contribution in [2.45, 2.75) is 12.0 Å². The molecule has 4 heteroatoms. The second kappa shape index (κ2) is 4.14. The van der Waals surface area contributed by atoms with Crippen LogP contribution in [-0.4, -0.2) is 24.0 Å². The number of fused-ring (bicyclic) bond motifs is 1. The fraction of sp³-hybridized carbons (Fsp3) is 0.231. The van der Waals surface area contributed by atoms with Crippen LogP contribution in [0.4, 0.5) is 0 Å². The Morgan fingerprint density at radius 2 is 2.12 bits per heavy atom. The summed E-state index contributed by atoms with van der Waals surface area (Å²) in [5.41, 5.74) is -0.600. The van der Waals surface area contributed by atoms with E-state index >= 15 is 0 Å². The maximum absolute atomic E-state index is 11.6. The van der Waals surface area contributed by atoms with E-state index in [0.29, 0.717) is 11.1 Å². The highest BCUT2D eigenvalue weighted by atomic mass is 16.5. The van der Waals surface area contributed by atoms with Gasteiger partial charge in [-0.05, 0) is 17.7 Å². The smallest absolute Gasteiger partial charge is 0.309 e. The summed E-state index contributed by atoms with van der Waals surface area (Å²) in [5.74, 6) is -0.698. The number of hydrogen-bond acceptors (Lipinski definition) is 4. The number of esters is 1. The summed E-state index contributed by atoms with van der Waals surface area (Å²) in [4.78, 5) is 22.9. The molecule has 88 valence electrons. The van der Waals surface area contributed by atoms with E-state index in [2.05, 4.69) is 4.74 Å². The number of ether oxygens (including phenoxy) is 1. The molecule has 1 N–H and O–H groups in total. The lowest BCUT2D eigenvalue weighted by molar-refractivity contribution is -0.144. The average molecular weight is 232 g/mol. The first-order chi connectivity index (χ1) is 8.07. The maximum atomic E-state index is 11.6. The molecular weight excluding hydrogens is 220 g/mol. The highest BCUT2D eigenvalue weighted by Gasteiger charge is 2.35. The third kappa shape index (κ3) is 1.99. The zero-order chi connectivity index (χ0) is 12.5. The van der Waals surface area contributed by atoms with Gasteiger partial charge in [-0.1, -0.05) is 24.3 Å². The van der Waals surface area contributed by atoms with Crippen LogP contribution in [0.1, 0.15) is 22.3 Å². The number of carbonyl (C=O) groups excluding carboxylic acids is 2. The fourth-order valence-corrected chi connectivity index (χ4v) is 1.91. The van der Waals surface area contributed by atoms with Gasteiger partial charge in [-0.2, -0.15) is 0 Å². The third-order valence-electron chi connectivity index (χ3n) is 2.81. The summed E-state index contributed by atoms with van der Waals surface area (Å²) >= 11 is 0. The van der Waals surface area contributed by atoms with Crippen molar-refractivity contribution in [1.82, 2.24) is 0 Å².